The molecule has 1 atom stereocenters. The number of nitrogens with one attached hydrogen (secondary N) is 1. The van der Waals surface area contributed by atoms with Crippen LogP contribution in [0.5, 0.6) is 0 Å². The number of halogens is 1. The van der Waals surface area contributed by atoms with Gasteiger partial charge in [-0.25, -0.2) is 4.98 Å². The van der Waals surface area contributed by atoms with Gasteiger partial charge in [0.2, 0.25) is 0 Å². The summed E-state index contributed by atoms with van der Waals surface area (Å²) in [6, 6.07) is 2.47. The van der Waals surface area contributed by atoms with Gasteiger partial charge in [0.15, 0.2) is 0 Å². The summed E-state index contributed by atoms with van der Waals surface area (Å²) in [6.45, 7) is 10.5. The van der Waals surface area contributed by atoms with Crippen LogP contribution in [0.2, 0.25) is 5.02 Å². The van der Waals surface area contributed by atoms with E-state index < -0.39 is 0 Å². The quantitative estimate of drug-likeness (QED) is 0.827. The topological polar surface area (TPSA) is 28.2 Å². The van der Waals surface area contributed by atoms with Crippen LogP contribution in [0.1, 0.15) is 39.7 Å². The summed E-state index contributed by atoms with van der Waals surface area (Å²) in [5.74, 6) is 1.51. The van der Waals surface area contributed by atoms with Crippen LogP contribution in [0.3, 0.4) is 0 Å². The molecule has 1 unspecified atom stereocenters. The SMILES string of the molecule is CCC(C)CN(C)c1ncc(CNC(C)C)cc1Cl. The molecule has 108 valence electrons. The lowest BCUT2D eigenvalue weighted by molar-refractivity contribution is 0.557. The van der Waals surface area contributed by atoms with Crippen LogP contribution in [-0.2, 0) is 6.54 Å². The molecule has 0 radical (unpaired) electrons. The van der Waals surface area contributed by atoms with E-state index in [1.807, 2.05) is 19.3 Å². The van der Waals surface area contributed by atoms with Gasteiger partial charge < -0.3 is 10.2 Å². The molecule has 0 saturated heterocycles. The maximum absolute atomic E-state index is 6.33. The zero-order valence-electron chi connectivity index (χ0n) is 12.7. The first kappa shape index (κ1) is 16.3. The largest absolute Gasteiger partial charge is 0.358 e. The molecular weight excluding hydrogens is 258 g/mol. The van der Waals surface area contributed by atoms with Crippen LogP contribution in [0, 0.1) is 5.92 Å². The smallest absolute Gasteiger partial charge is 0.147 e. The van der Waals surface area contributed by atoms with E-state index in [0.717, 1.165) is 29.5 Å². The van der Waals surface area contributed by atoms with Crippen molar-refractivity contribution in [1.82, 2.24) is 10.3 Å². The Morgan fingerprint density at radius 1 is 1.37 bits per heavy atom. The molecule has 1 heterocycles. The van der Waals surface area contributed by atoms with E-state index in [1.54, 1.807) is 0 Å². The summed E-state index contributed by atoms with van der Waals surface area (Å²) >= 11 is 6.33. The van der Waals surface area contributed by atoms with E-state index in [1.165, 1.54) is 6.42 Å². The van der Waals surface area contributed by atoms with Gasteiger partial charge in [-0.15, -0.1) is 0 Å². The molecule has 3 nitrogen and oxygen atoms in total. The van der Waals surface area contributed by atoms with Crippen molar-refractivity contribution >= 4 is 17.4 Å². The van der Waals surface area contributed by atoms with E-state index in [9.17, 15) is 0 Å². The van der Waals surface area contributed by atoms with Crippen LogP contribution in [0.25, 0.3) is 0 Å². The van der Waals surface area contributed by atoms with Crippen LogP contribution >= 0.6 is 11.6 Å². The molecular formula is C15H26ClN3. The third-order valence-corrected chi connectivity index (χ3v) is 3.51. The van der Waals surface area contributed by atoms with Crippen molar-refractivity contribution in [3.05, 3.63) is 22.8 Å². The first-order valence-corrected chi connectivity index (χ1v) is 7.40. The highest BCUT2D eigenvalue weighted by Crippen LogP contribution is 2.24. The van der Waals surface area contributed by atoms with Gasteiger partial charge in [0.05, 0.1) is 5.02 Å². The highest BCUT2D eigenvalue weighted by Gasteiger charge is 2.11. The molecule has 0 aromatic carbocycles. The number of nitrogens with zero attached hydrogens (tertiary/aromatic N) is 2. The normalized spacial score (nSPS) is 12.8. The number of rotatable bonds is 7. The van der Waals surface area contributed by atoms with E-state index in [4.69, 9.17) is 11.6 Å². The van der Waals surface area contributed by atoms with Gasteiger partial charge in [-0.2, -0.15) is 0 Å². The van der Waals surface area contributed by atoms with E-state index in [2.05, 4.69) is 42.9 Å². The first-order valence-electron chi connectivity index (χ1n) is 7.03. The van der Waals surface area contributed by atoms with E-state index >= 15 is 0 Å². The minimum atomic E-state index is 0.464. The number of hydrogen-bond acceptors (Lipinski definition) is 3. The highest BCUT2D eigenvalue weighted by molar-refractivity contribution is 6.33. The Hall–Kier alpha value is -0.800. The molecule has 0 saturated carbocycles. The van der Waals surface area contributed by atoms with Gasteiger partial charge in [0, 0.05) is 32.4 Å². The first-order chi connectivity index (χ1) is 8.93. The molecule has 19 heavy (non-hydrogen) atoms. The molecule has 1 aromatic heterocycles. The number of anilines is 1. The van der Waals surface area contributed by atoms with E-state index in [-0.39, 0.29) is 0 Å². The lowest BCUT2D eigenvalue weighted by atomic mass is 10.1. The summed E-state index contributed by atoms with van der Waals surface area (Å²) in [5, 5.41) is 4.10. The minimum absolute atomic E-state index is 0.464. The zero-order valence-corrected chi connectivity index (χ0v) is 13.5. The maximum atomic E-state index is 6.33. The summed E-state index contributed by atoms with van der Waals surface area (Å²) in [6.07, 6.45) is 3.07. The number of pyridine rings is 1. The molecule has 0 aliphatic carbocycles. The van der Waals surface area contributed by atoms with Crippen molar-refractivity contribution in [2.45, 2.75) is 46.7 Å². The van der Waals surface area contributed by atoms with Crippen molar-refractivity contribution in [1.29, 1.82) is 0 Å². The number of hydrogen-bond donors (Lipinski definition) is 1. The monoisotopic (exact) mass is 283 g/mol. The van der Waals surface area contributed by atoms with Gasteiger partial charge in [0.1, 0.15) is 5.82 Å². The lowest BCUT2D eigenvalue weighted by Crippen LogP contribution is -2.25. The molecule has 0 amide bonds. The van der Waals surface area contributed by atoms with Gasteiger partial charge in [0.25, 0.3) is 0 Å². The fourth-order valence-electron chi connectivity index (χ4n) is 1.85. The average molecular weight is 284 g/mol. The lowest BCUT2D eigenvalue weighted by Gasteiger charge is -2.23. The van der Waals surface area contributed by atoms with Gasteiger partial charge in [-0.3, -0.25) is 0 Å². The third-order valence-electron chi connectivity index (χ3n) is 3.24. The van der Waals surface area contributed by atoms with Crippen molar-refractivity contribution in [2.75, 3.05) is 18.5 Å². The Morgan fingerprint density at radius 2 is 2.05 bits per heavy atom. The molecule has 0 aliphatic rings. The molecule has 0 spiro atoms. The predicted octanol–water partition coefficient (Wildman–Crippen LogP) is 3.72. The fraction of sp³-hybridized carbons (Fsp3) is 0.667. The highest BCUT2D eigenvalue weighted by atomic mass is 35.5. The Kier molecular flexibility index (Phi) is 6.59. The van der Waals surface area contributed by atoms with Crippen LogP contribution in [-0.4, -0.2) is 24.6 Å². The van der Waals surface area contributed by atoms with Gasteiger partial charge >= 0.3 is 0 Å². The van der Waals surface area contributed by atoms with Gasteiger partial charge in [-0.05, 0) is 17.5 Å². The van der Waals surface area contributed by atoms with Crippen molar-refractivity contribution in [2.24, 2.45) is 5.92 Å². The van der Waals surface area contributed by atoms with Crippen LogP contribution < -0.4 is 10.2 Å². The molecule has 0 fully saturated rings. The molecule has 4 heteroatoms. The molecule has 0 aliphatic heterocycles. The van der Waals surface area contributed by atoms with Crippen LogP contribution in [0.4, 0.5) is 5.82 Å². The summed E-state index contributed by atoms with van der Waals surface area (Å²) in [5.41, 5.74) is 1.12. The van der Waals surface area contributed by atoms with Gasteiger partial charge in [-0.1, -0.05) is 45.7 Å². The summed E-state index contributed by atoms with van der Waals surface area (Å²) in [7, 11) is 2.05. The minimum Gasteiger partial charge on any atom is -0.358 e. The maximum Gasteiger partial charge on any atom is 0.147 e. The molecule has 1 N–H and O–H groups in total. The Bertz CT molecular complexity index is 393. The predicted molar refractivity (Wildman–Crippen MR) is 83.9 cm³/mol. The van der Waals surface area contributed by atoms with Crippen molar-refractivity contribution in [3.8, 4) is 0 Å². The Balaban J connectivity index is 2.71. The molecule has 1 aromatic rings. The second kappa shape index (κ2) is 7.71. The summed E-state index contributed by atoms with van der Waals surface area (Å²) in [4.78, 5) is 6.63. The van der Waals surface area contributed by atoms with Crippen LogP contribution in [0.15, 0.2) is 12.3 Å². The molecule has 0 bridgehead atoms. The Labute approximate surface area is 122 Å². The Morgan fingerprint density at radius 3 is 2.58 bits per heavy atom. The van der Waals surface area contributed by atoms with Crippen molar-refractivity contribution in [3.63, 3.8) is 0 Å². The standard InChI is InChI=1S/C15H26ClN3/c1-6-12(4)10-19(5)15-14(16)7-13(9-18-15)8-17-11(2)3/h7,9,11-12,17H,6,8,10H2,1-5H3. The second-order valence-corrected chi connectivity index (χ2v) is 5.99. The average Bonchev–Trinajstić information content (AvgIpc) is 2.35. The second-order valence-electron chi connectivity index (χ2n) is 5.58. The van der Waals surface area contributed by atoms with E-state index in [0.29, 0.717) is 12.0 Å². The number of aromatic nitrogens is 1. The van der Waals surface area contributed by atoms with Crippen molar-refractivity contribution < 1.29 is 0 Å². The fourth-order valence-corrected chi connectivity index (χ4v) is 2.19. The summed E-state index contributed by atoms with van der Waals surface area (Å²) < 4.78 is 0. The zero-order chi connectivity index (χ0) is 14.4. The molecule has 1 rings (SSSR count). The third kappa shape index (κ3) is 5.37.